The minimum Gasteiger partial charge on any atom is -0.444 e. The van der Waals surface area contributed by atoms with Crippen LogP contribution in [0.25, 0.3) is 10.8 Å². The number of nitrogens with zero attached hydrogens (tertiary/aromatic N) is 4. The molecule has 3 aromatic rings. The molecule has 0 aliphatic carbocycles. The zero-order chi connectivity index (χ0) is 37.5. The molecule has 2 aromatic carbocycles. The second kappa shape index (κ2) is 19.6. The van der Waals surface area contributed by atoms with E-state index in [1.165, 1.54) is 21.9 Å². The van der Waals surface area contributed by atoms with Crippen LogP contribution in [0.2, 0.25) is 0 Å². The second-order valence-corrected chi connectivity index (χ2v) is 13.1. The van der Waals surface area contributed by atoms with Gasteiger partial charge in [-0.15, -0.1) is 0 Å². The highest BCUT2D eigenvalue weighted by atomic mass is 19.1. The van der Waals surface area contributed by atoms with Crippen LogP contribution in [0.15, 0.2) is 47.3 Å². The summed E-state index contributed by atoms with van der Waals surface area (Å²) < 4.78 is 36.4. The normalized spacial score (nSPS) is 13.2. The molecule has 4 rings (SSSR count). The fourth-order valence-corrected chi connectivity index (χ4v) is 5.38. The first kappa shape index (κ1) is 39.8. The molecule has 52 heavy (non-hydrogen) atoms. The Morgan fingerprint density at radius 3 is 2.23 bits per heavy atom. The van der Waals surface area contributed by atoms with Gasteiger partial charge in [-0.1, -0.05) is 24.3 Å². The summed E-state index contributed by atoms with van der Waals surface area (Å²) >= 11 is 0. The largest absolute Gasteiger partial charge is 0.444 e. The van der Waals surface area contributed by atoms with Crippen molar-refractivity contribution in [1.82, 2.24) is 30.2 Å². The van der Waals surface area contributed by atoms with Gasteiger partial charge in [0.05, 0.1) is 62.8 Å². The number of fused-ring (bicyclic) bond motifs is 1. The Balaban J connectivity index is 1.11. The summed E-state index contributed by atoms with van der Waals surface area (Å²) in [5, 5.41) is 10.4. The lowest BCUT2D eigenvalue weighted by Crippen LogP contribution is -2.52. The average Bonchev–Trinajstić information content (AvgIpc) is 3.12. The SMILES string of the molecule is CC(C)(C)OC(=O)NCCOCCOCCOCCN(C=O)CC(=O)N1CCN(C(=O)c2cc(Cc3n[nH]c(=O)c4ccccc34)ccc2F)CC1. The number of amides is 4. The highest BCUT2D eigenvalue weighted by Crippen LogP contribution is 2.20. The van der Waals surface area contributed by atoms with E-state index in [0.717, 1.165) is 0 Å². The molecule has 1 saturated heterocycles. The van der Waals surface area contributed by atoms with Crippen LogP contribution in [0, 0.1) is 5.82 Å². The molecular weight excluding hydrogens is 679 g/mol. The lowest BCUT2D eigenvalue weighted by Gasteiger charge is -2.35. The van der Waals surface area contributed by atoms with E-state index in [2.05, 4.69) is 15.5 Å². The van der Waals surface area contributed by atoms with Crippen LogP contribution in [-0.2, 0) is 35.0 Å². The third-order valence-electron chi connectivity index (χ3n) is 8.00. The first-order valence-electron chi connectivity index (χ1n) is 17.2. The van der Waals surface area contributed by atoms with Crippen LogP contribution in [0.1, 0.15) is 42.4 Å². The van der Waals surface area contributed by atoms with Gasteiger partial charge in [0.2, 0.25) is 12.3 Å². The number of carbonyl (C=O) groups excluding carboxylic acids is 4. The molecule has 16 heteroatoms. The van der Waals surface area contributed by atoms with Gasteiger partial charge in [0.25, 0.3) is 11.5 Å². The third kappa shape index (κ3) is 12.4. The summed E-state index contributed by atoms with van der Waals surface area (Å²) in [5.74, 6) is -1.41. The van der Waals surface area contributed by atoms with E-state index in [9.17, 15) is 28.4 Å². The number of rotatable bonds is 18. The number of halogens is 1. The Morgan fingerprint density at radius 2 is 1.56 bits per heavy atom. The number of hydrogen-bond acceptors (Lipinski definition) is 10. The van der Waals surface area contributed by atoms with Gasteiger partial charge in [-0.05, 0) is 44.5 Å². The number of carbonyl (C=O) groups is 4. The maximum atomic E-state index is 14.9. The van der Waals surface area contributed by atoms with E-state index in [4.69, 9.17) is 18.9 Å². The Kier molecular flexibility index (Phi) is 15.0. The zero-order valence-corrected chi connectivity index (χ0v) is 29.9. The fraction of sp³-hybridized carbons (Fsp3) is 0.500. The number of aromatic amines is 1. The van der Waals surface area contributed by atoms with Crippen molar-refractivity contribution in [3.63, 3.8) is 0 Å². The fourth-order valence-electron chi connectivity index (χ4n) is 5.38. The Hall–Kier alpha value is -4.93. The van der Waals surface area contributed by atoms with Crippen molar-refractivity contribution in [1.29, 1.82) is 0 Å². The molecule has 1 aliphatic heterocycles. The molecule has 0 bridgehead atoms. The van der Waals surface area contributed by atoms with Crippen molar-refractivity contribution >= 4 is 35.1 Å². The minimum atomic E-state index is -0.655. The lowest BCUT2D eigenvalue weighted by molar-refractivity contribution is -0.137. The molecule has 4 amide bonds. The molecule has 15 nitrogen and oxygen atoms in total. The van der Waals surface area contributed by atoms with Gasteiger partial charge in [-0.3, -0.25) is 19.2 Å². The maximum Gasteiger partial charge on any atom is 0.407 e. The van der Waals surface area contributed by atoms with Gasteiger partial charge >= 0.3 is 6.09 Å². The van der Waals surface area contributed by atoms with Crippen molar-refractivity contribution in [3.05, 3.63) is 75.5 Å². The van der Waals surface area contributed by atoms with E-state index in [-0.39, 0.29) is 69.3 Å². The van der Waals surface area contributed by atoms with Crippen LogP contribution in [0.5, 0.6) is 0 Å². The van der Waals surface area contributed by atoms with E-state index >= 15 is 0 Å². The molecule has 2 heterocycles. The van der Waals surface area contributed by atoms with Crippen LogP contribution in [0.4, 0.5) is 9.18 Å². The van der Waals surface area contributed by atoms with E-state index in [1.54, 1.807) is 56.0 Å². The number of benzene rings is 2. The Labute approximate surface area is 301 Å². The molecule has 0 radical (unpaired) electrons. The van der Waals surface area contributed by atoms with Gasteiger partial charge < -0.3 is 39.0 Å². The number of ether oxygens (including phenoxy) is 4. The molecule has 0 spiro atoms. The summed E-state index contributed by atoms with van der Waals surface area (Å²) in [4.78, 5) is 66.0. The quantitative estimate of drug-likeness (QED) is 0.146. The molecular formula is C36H47FN6O9. The van der Waals surface area contributed by atoms with Crippen LogP contribution < -0.4 is 10.9 Å². The molecule has 2 N–H and O–H groups in total. The molecule has 1 aliphatic rings. The van der Waals surface area contributed by atoms with Crippen molar-refractivity contribution in [2.24, 2.45) is 0 Å². The summed E-state index contributed by atoms with van der Waals surface area (Å²) in [6.45, 7) is 8.48. The predicted octanol–water partition coefficient (Wildman–Crippen LogP) is 1.97. The van der Waals surface area contributed by atoms with Crippen molar-refractivity contribution in [3.8, 4) is 0 Å². The van der Waals surface area contributed by atoms with E-state index in [0.29, 0.717) is 68.0 Å². The topological polar surface area (TPSA) is 173 Å². The maximum absolute atomic E-state index is 14.9. The minimum absolute atomic E-state index is 0.0819. The third-order valence-corrected chi connectivity index (χ3v) is 8.00. The van der Waals surface area contributed by atoms with Crippen molar-refractivity contribution in [2.75, 3.05) is 85.5 Å². The van der Waals surface area contributed by atoms with Crippen LogP contribution in [-0.4, -0.2) is 140 Å². The molecule has 1 fully saturated rings. The predicted molar refractivity (Wildman–Crippen MR) is 188 cm³/mol. The van der Waals surface area contributed by atoms with E-state index in [1.807, 2.05) is 0 Å². The number of H-pyrrole nitrogens is 1. The number of aromatic nitrogens is 2. The average molecular weight is 727 g/mol. The number of nitrogens with one attached hydrogen (secondary N) is 2. The Morgan fingerprint density at radius 1 is 0.923 bits per heavy atom. The van der Waals surface area contributed by atoms with Crippen LogP contribution >= 0.6 is 0 Å². The monoisotopic (exact) mass is 726 g/mol. The van der Waals surface area contributed by atoms with E-state index < -0.39 is 23.4 Å². The van der Waals surface area contributed by atoms with Gasteiger partial charge in [-0.2, -0.15) is 5.10 Å². The van der Waals surface area contributed by atoms with Crippen molar-refractivity contribution in [2.45, 2.75) is 32.8 Å². The summed E-state index contributed by atoms with van der Waals surface area (Å²) in [6.07, 6.45) is 0.370. The zero-order valence-electron chi connectivity index (χ0n) is 29.9. The molecule has 1 aromatic heterocycles. The number of alkyl carbamates (subject to hydrolysis) is 1. The standard InChI is InChI=1S/C36H47FN6O9/c1-36(2,3)52-35(48)38-10-16-49-18-20-51-21-19-50-17-15-41(25-44)24-32(45)42-11-13-43(14-12-42)34(47)29-22-26(8-9-30(29)37)23-31-27-6-4-5-7-28(27)33(46)40-39-31/h4-9,22,25H,10-21,23-24H2,1-3H3,(H,38,48)(H,40,46). The lowest BCUT2D eigenvalue weighted by atomic mass is 10.0. The first-order valence-corrected chi connectivity index (χ1v) is 17.2. The number of hydrogen-bond donors (Lipinski definition) is 2. The number of piperazine rings is 1. The van der Waals surface area contributed by atoms with Gasteiger partial charge in [0, 0.05) is 51.1 Å². The second-order valence-electron chi connectivity index (χ2n) is 13.1. The first-order chi connectivity index (χ1) is 24.9. The summed E-state index contributed by atoms with van der Waals surface area (Å²) in [7, 11) is 0. The van der Waals surface area contributed by atoms with Gasteiger partial charge in [-0.25, -0.2) is 14.3 Å². The summed E-state index contributed by atoms with van der Waals surface area (Å²) in [5.41, 5.74) is 0.305. The van der Waals surface area contributed by atoms with Crippen molar-refractivity contribution < 1.29 is 42.5 Å². The molecule has 282 valence electrons. The highest BCUT2D eigenvalue weighted by molar-refractivity contribution is 5.95. The van der Waals surface area contributed by atoms with Gasteiger partial charge in [0.1, 0.15) is 11.4 Å². The smallest absolute Gasteiger partial charge is 0.407 e. The van der Waals surface area contributed by atoms with Crippen LogP contribution in [0.3, 0.4) is 0 Å². The summed E-state index contributed by atoms with van der Waals surface area (Å²) in [6, 6.07) is 11.4. The molecule has 0 saturated carbocycles. The Bertz CT molecular complexity index is 1720. The molecule has 0 atom stereocenters. The molecule has 0 unspecified atom stereocenters. The highest BCUT2D eigenvalue weighted by Gasteiger charge is 2.27. The van der Waals surface area contributed by atoms with Gasteiger partial charge in [0.15, 0.2) is 0 Å².